The summed E-state index contributed by atoms with van der Waals surface area (Å²) in [6.07, 6.45) is 0.224. The largest absolute Gasteiger partial charge is 0.355 e. The van der Waals surface area contributed by atoms with Gasteiger partial charge in [-0.05, 0) is 30.3 Å². The molecule has 2 aromatic rings. The predicted octanol–water partition coefficient (Wildman–Crippen LogP) is 3.58. The monoisotopic (exact) mass is 348 g/mol. The SMILES string of the molecule is CC(C)(C)C(=O)NCCC(=O)Nc1cccc(C#Cc2ccccc2)c1. The van der Waals surface area contributed by atoms with Crippen molar-refractivity contribution in [2.75, 3.05) is 11.9 Å². The number of hydrogen-bond acceptors (Lipinski definition) is 2. The molecule has 0 aliphatic carbocycles. The van der Waals surface area contributed by atoms with Crippen molar-refractivity contribution in [2.45, 2.75) is 27.2 Å². The van der Waals surface area contributed by atoms with Gasteiger partial charge in [0.2, 0.25) is 11.8 Å². The van der Waals surface area contributed by atoms with Crippen LogP contribution >= 0.6 is 0 Å². The molecule has 0 saturated heterocycles. The van der Waals surface area contributed by atoms with Crippen LogP contribution in [0.5, 0.6) is 0 Å². The molecule has 2 amide bonds. The maximum Gasteiger partial charge on any atom is 0.226 e. The zero-order chi connectivity index (χ0) is 19.0. The molecule has 4 nitrogen and oxygen atoms in total. The van der Waals surface area contributed by atoms with Gasteiger partial charge in [-0.25, -0.2) is 0 Å². The third-order valence-electron chi connectivity index (χ3n) is 3.59. The van der Waals surface area contributed by atoms with E-state index in [-0.39, 0.29) is 18.2 Å². The van der Waals surface area contributed by atoms with Gasteiger partial charge in [-0.15, -0.1) is 0 Å². The highest BCUT2D eigenvalue weighted by Gasteiger charge is 2.20. The summed E-state index contributed by atoms with van der Waals surface area (Å²) in [4.78, 5) is 23.8. The van der Waals surface area contributed by atoms with Crippen molar-refractivity contribution in [3.63, 3.8) is 0 Å². The van der Waals surface area contributed by atoms with Gasteiger partial charge >= 0.3 is 0 Å². The van der Waals surface area contributed by atoms with E-state index >= 15 is 0 Å². The Morgan fingerprint density at radius 3 is 2.27 bits per heavy atom. The maximum atomic E-state index is 12.0. The fourth-order valence-corrected chi connectivity index (χ4v) is 2.12. The van der Waals surface area contributed by atoms with Gasteiger partial charge in [0.1, 0.15) is 0 Å². The van der Waals surface area contributed by atoms with Crippen LogP contribution in [-0.2, 0) is 9.59 Å². The molecule has 0 aromatic heterocycles. The lowest BCUT2D eigenvalue weighted by Crippen LogP contribution is -2.36. The van der Waals surface area contributed by atoms with Gasteiger partial charge in [0.25, 0.3) is 0 Å². The smallest absolute Gasteiger partial charge is 0.226 e. The van der Waals surface area contributed by atoms with Crippen LogP contribution in [0.1, 0.15) is 38.3 Å². The zero-order valence-electron chi connectivity index (χ0n) is 15.4. The van der Waals surface area contributed by atoms with E-state index < -0.39 is 5.41 Å². The number of hydrogen-bond donors (Lipinski definition) is 2. The summed E-state index contributed by atoms with van der Waals surface area (Å²) in [5.41, 5.74) is 2.00. The third-order valence-corrected chi connectivity index (χ3v) is 3.59. The molecule has 0 spiro atoms. The molecule has 0 unspecified atom stereocenters. The molecule has 0 aliphatic rings. The topological polar surface area (TPSA) is 58.2 Å². The van der Waals surface area contributed by atoms with Gasteiger partial charge in [-0.3, -0.25) is 9.59 Å². The van der Waals surface area contributed by atoms with Crippen LogP contribution in [-0.4, -0.2) is 18.4 Å². The molecule has 0 heterocycles. The van der Waals surface area contributed by atoms with Crippen molar-refractivity contribution in [1.29, 1.82) is 0 Å². The van der Waals surface area contributed by atoms with E-state index in [0.29, 0.717) is 12.2 Å². The van der Waals surface area contributed by atoms with Gasteiger partial charge in [-0.1, -0.05) is 56.9 Å². The Kier molecular flexibility index (Phi) is 6.57. The van der Waals surface area contributed by atoms with E-state index in [9.17, 15) is 9.59 Å². The Morgan fingerprint density at radius 2 is 1.58 bits per heavy atom. The Balaban J connectivity index is 1.89. The number of carbonyl (C=O) groups is 2. The normalized spacial score (nSPS) is 10.4. The highest BCUT2D eigenvalue weighted by molar-refractivity contribution is 5.91. The molecule has 26 heavy (non-hydrogen) atoms. The van der Waals surface area contributed by atoms with Crippen LogP contribution in [0.2, 0.25) is 0 Å². The summed E-state index contributed by atoms with van der Waals surface area (Å²) in [7, 11) is 0. The molecule has 2 N–H and O–H groups in total. The first-order valence-electron chi connectivity index (χ1n) is 8.60. The second-order valence-electron chi connectivity index (χ2n) is 7.00. The zero-order valence-corrected chi connectivity index (χ0v) is 15.4. The standard InChI is InChI=1S/C22H24N2O2/c1-22(2,3)21(26)23-15-14-20(25)24-19-11-7-10-18(16-19)13-12-17-8-5-4-6-9-17/h4-11,16H,14-15H2,1-3H3,(H,23,26)(H,24,25). The lowest BCUT2D eigenvalue weighted by Gasteiger charge is -2.17. The molecule has 134 valence electrons. The fraction of sp³-hybridized carbons (Fsp3) is 0.273. The Bertz CT molecular complexity index is 824. The Labute approximate surface area is 155 Å². The quantitative estimate of drug-likeness (QED) is 0.830. The van der Waals surface area contributed by atoms with Crippen LogP contribution < -0.4 is 10.6 Å². The predicted molar refractivity (Wildman–Crippen MR) is 105 cm³/mol. The highest BCUT2D eigenvalue weighted by atomic mass is 16.2. The minimum Gasteiger partial charge on any atom is -0.355 e. The van der Waals surface area contributed by atoms with Gasteiger partial charge in [0.05, 0.1) is 0 Å². The van der Waals surface area contributed by atoms with E-state index in [1.54, 1.807) is 0 Å². The minimum atomic E-state index is -0.456. The summed E-state index contributed by atoms with van der Waals surface area (Å²) in [6.45, 7) is 5.83. The summed E-state index contributed by atoms with van der Waals surface area (Å²) in [6, 6.07) is 17.1. The van der Waals surface area contributed by atoms with Crippen molar-refractivity contribution < 1.29 is 9.59 Å². The lowest BCUT2D eigenvalue weighted by molar-refractivity contribution is -0.128. The molecule has 0 radical (unpaired) electrons. The van der Waals surface area contributed by atoms with Crippen molar-refractivity contribution in [1.82, 2.24) is 5.32 Å². The van der Waals surface area contributed by atoms with E-state index in [1.807, 2.05) is 75.4 Å². The number of nitrogens with one attached hydrogen (secondary N) is 2. The first-order valence-corrected chi connectivity index (χ1v) is 8.60. The van der Waals surface area contributed by atoms with Crippen molar-refractivity contribution in [3.05, 3.63) is 65.7 Å². The maximum absolute atomic E-state index is 12.0. The molecule has 4 heteroatoms. The van der Waals surface area contributed by atoms with Gasteiger partial charge < -0.3 is 10.6 Å². The van der Waals surface area contributed by atoms with E-state index in [4.69, 9.17) is 0 Å². The average molecular weight is 348 g/mol. The molecule has 2 rings (SSSR count). The van der Waals surface area contributed by atoms with Crippen molar-refractivity contribution in [3.8, 4) is 11.8 Å². The molecular formula is C22H24N2O2. The second-order valence-corrected chi connectivity index (χ2v) is 7.00. The Hall–Kier alpha value is -3.06. The lowest BCUT2D eigenvalue weighted by atomic mass is 9.96. The van der Waals surface area contributed by atoms with Crippen LogP contribution in [0.3, 0.4) is 0 Å². The molecule has 0 saturated carbocycles. The average Bonchev–Trinajstić information content (AvgIpc) is 2.60. The van der Waals surface area contributed by atoms with Crippen molar-refractivity contribution in [2.24, 2.45) is 5.41 Å². The summed E-state index contributed by atoms with van der Waals surface area (Å²) in [5, 5.41) is 5.60. The first-order chi connectivity index (χ1) is 12.3. The van der Waals surface area contributed by atoms with Crippen LogP contribution in [0.4, 0.5) is 5.69 Å². The second kappa shape index (κ2) is 8.87. The van der Waals surface area contributed by atoms with Crippen LogP contribution in [0, 0.1) is 17.3 Å². The number of carbonyl (C=O) groups excluding carboxylic acids is 2. The fourth-order valence-electron chi connectivity index (χ4n) is 2.12. The van der Waals surface area contributed by atoms with Crippen molar-refractivity contribution >= 4 is 17.5 Å². The number of amides is 2. The minimum absolute atomic E-state index is 0.0662. The van der Waals surface area contributed by atoms with E-state index in [1.165, 1.54) is 0 Å². The summed E-state index contributed by atoms with van der Waals surface area (Å²) in [5.74, 6) is 5.97. The number of anilines is 1. The molecular weight excluding hydrogens is 324 g/mol. The molecule has 0 atom stereocenters. The summed E-state index contributed by atoms with van der Waals surface area (Å²) < 4.78 is 0. The number of rotatable bonds is 4. The number of benzene rings is 2. The third kappa shape index (κ3) is 6.45. The molecule has 0 bridgehead atoms. The van der Waals surface area contributed by atoms with E-state index in [2.05, 4.69) is 22.5 Å². The molecule has 2 aromatic carbocycles. The van der Waals surface area contributed by atoms with Gasteiger partial charge in [-0.2, -0.15) is 0 Å². The molecule has 0 fully saturated rings. The first kappa shape index (κ1) is 19.3. The van der Waals surface area contributed by atoms with Gasteiger partial charge in [0, 0.05) is 35.2 Å². The highest BCUT2D eigenvalue weighted by Crippen LogP contribution is 2.13. The van der Waals surface area contributed by atoms with Gasteiger partial charge in [0.15, 0.2) is 0 Å². The molecule has 0 aliphatic heterocycles. The summed E-state index contributed by atoms with van der Waals surface area (Å²) >= 11 is 0. The van der Waals surface area contributed by atoms with Crippen LogP contribution in [0.15, 0.2) is 54.6 Å². The Morgan fingerprint density at radius 1 is 0.923 bits per heavy atom. The van der Waals surface area contributed by atoms with Crippen LogP contribution in [0.25, 0.3) is 0 Å². The van der Waals surface area contributed by atoms with E-state index in [0.717, 1.165) is 11.1 Å².